The summed E-state index contributed by atoms with van der Waals surface area (Å²) in [4.78, 5) is 4.25. The number of nitrogens with zero attached hydrogens (tertiary/aromatic N) is 1. The molecule has 0 amide bonds. The lowest BCUT2D eigenvalue weighted by Gasteiger charge is -2.38. The van der Waals surface area contributed by atoms with Crippen LogP contribution >= 0.6 is 11.3 Å². The van der Waals surface area contributed by atoms with Gasteiger partial charge < -0.3 is 5.32 Å². The SMILES string of the molecule is c1csc(CCN2CCN[C@H]3CCC[C@@H]32)c1. The highest BCUT2D eigenvalue weighted by Gasteiger charge is 2.34. The van der Waals surface area contributed by atoms with E-state index in [1.165, 1.54) is 50.2 Å². The number of fused-ring (bicyclic) bond motifs is 1. The summed E-state index contributed by atoms with van der Waals surface area (Å²) in [6.45, 7) is 3.68. The third-order valence-electron chi connectivity index (χ3n) is 3.98. The predicted octanol–water partition coefficient (Wildman–Crippen LogP) is 2.12. The summed E-state index contributed by atoms with van der Waals surface area (Å²) in [7, 11) is 0. The van der Waals surface area contributed by atoms with Crippen LogP contribution in [0.15, 0.2) is 17.5 Å². The van der Waals surface area contributed by atoms with Crippen LogP contribution in [0.25, 0.3) is 0 Å². The van der Waals surface area contributed by atoms with Crippen LogP contribution in [0.3, 0.4) is 0 Å². The van der Waals surface area contributed by atoms with E-state index in [-0.39, 0.29) is 0 Å². The topological polar surface area (TPSA) is 15.3 Å². The van der Waals surface area contributed by atoms with E-state index in [1.54, 1.807) is 0 Å². The summed E-state index contributed by atoms with van der Waals surface area (Å²) < 4.78 is 0. The van der Waals surface area contributed by atoms with Gasteiger partial charge in [0.05, 0.1) is 0 Å². The number of rotatable bonds is 3. The molecule has 1 saturated carbocycles. The molecule has 2 nitrogen and oxygen atoms in total. The van der Waals surface area contributed by atoms with Gasteiger partial charge in [0.25, 0.3) is 0 Å². The number of piperazine rings is 1. The Kier molecular flexibility index (Phi) is 3.27. The second kappa shape index (κ2) is 4.86. The van der Waals surface area contributed by atoms with Gasteiger partial charge in [0, 0.05) is 36.6 Å². The van der Waals surface area contributed by atoms with E-state index in [1.807, 2.05) is 11.3 Å². The molecule has 1 aliphatic carbocycles. The molecule has 2 fully saturated rings. The standard InChI is InChI=1S/C13H20N2S/c1-4-12-13(5-1)15(9-7-14-12)8-6-11-3-2-10-16-11/h2-3,10,12-14H,1,4-9H2/t12-,13-/m0/s1. The Morgan fingerprint density at radius 1 is 1.44 bits per heavy atom. The second-order valence-electron chi connectivity index (χ2n) is 4.92. The van der Waals surface area contributed by atoms with Crippen LogP contribution in [0.2, 0.25) is 0 Å². The van der Waals surface area contributed by atoms with Crippen molar-refractivity contribution in [2.45, 2.75) is 37.8 Å². The van der Waals surface area contributed by atoms with Crippen molar-refractivity contribution in [2.75, 3.05) is 19.6 Å². The summed E-state index contributed by atoms with van der Waals surface area (Å²) in [5.41, 5.74) is 0. The first-order chi connectivity index (χ1) is 7.93. The zero-order valence-corrected chi connectivity index (χ0v) is 10.5. The smallest absolute Gasteiger partial charge is 0.0250 e. The highest BCUT2D eigenvalue weighted by atomic mass is 32.1. The summed E-state index contributed by atoms with van der Waals surface area (Å²) in [6.07, 6.45) is 5.45. The van der Waals surface area contributed by atoms with Crippen LogP contribution in [0, 0.1) is 0 Å². The van der Waals surface area contributed by atoms with Crippen molar-refractivity contribution < 1.29 is 0 Å². The first-order valence-corrected chi connectivity index (χ1v) is 7.31. The van der Waals surface area contributed by atoms with E-state index >= 15 is 0 Å². The minimum absolute atomic E-state index is 0.789. The molecule has 0 unspecified atom stereocenters. The van der Waals surface area contributed by atoms with Crippen LogP contribution in [0.4, 0.5) is 0 Å². The van der Waals surface area contributed by atoms with Gasteiger partial charge in [0.1, 0.15) is 0 Å². The van der Waals surface area contributed by atoms with Crippen molar-refractivity contribution in [3.05, 3.63) is 22.4 Å². The Bertz CT molecular complexity index is 323. The fourth-order valence-electron chi connectivity index (χ4n) is 3.16. The van der Waals surface area contributed by atoms with Crippen molar-refractivity contribution in [1.82, 2.24) is 10.2 Å². The molecule has 3 rings (SSSR count). The quantitative estimate of drug-likeness (QED) is 0.865. The second-order valence-corrected chi connectivity index (χ2v) is 5.96. The number of hydrogen-bond donors (Lipinski definition) is 1. The van der Waals surface area contributed by atoms with E-state index < -0.39 is 0 Å². The number of thiophene rings is 1. The molecule has 0 radical (unpaired) electrons. The summed E-state index contributed by atoms with van der Waals surface area (Å²) >= 11 is 1.89. The van der Waals surface area contributed by atoms with Gasteiger partial charge in [-0.3, -0.25) is 4.90 Å². The molecule has 1 aromatic heterocycles. The Morgan fingerprint density at radius 3 is 3.31 bits per heavy atom. The van der Waals surface area contributed by atoms with Gasteiger partial charge >= 0.3 is 0 Å². The zero-order valence-electron chi connectivity index (χ0n) is 9.69. The summed E-state index contributed by atoms with van der Waals surface area (Å²) in [5.74, 6) is 0. The van der Waals surface area contributed by atoms with Gasteiger partial charge in [-0.25, -0.2) is 0 Å². The van der Waals surface area contributed by atoms with Gasteiger partial charge in [-0.1, -0.05) is 12.5 Å². The van der Waals surface area contributed by atoms with E-state index in [4.69, 9.17) is 0 Å². The molecule has 88 valence electrons. The van der Waals surface area contributed by atoms with E-state index in [2.05, 4.69) is 27.7 Å². The monoisotopic (exact) mass is 236 g/mol. The Labute approximate surface area is 102 Å². The maximum atomic E-state index is 3.67. The molecule has 2 atom stereocenters. The fraction of sp³-hybridized carbons (Fsp3) is 0.692. The Morgan fingerprint density at radius 2 is 2.44 bits per heavy atom. The van der Waals surface area contributed by atoms with Crippen molar-refractivity contribution in [1.29, 1.82) is 0 Å². The molecule has 1 N–H and O–H groups in total. The highest BCUT2D eigenvalue weighted by Crippen LogP contribution is 2.26. The molecule has 1 aliphatic heterocycles. The minimum Gasteiger partial charge on any atom is -0.311 e. The summed E-state index contributed by atoms with van der Waals surface area (Å²) in [6, 6.07) is 6.04. The maximum absolute atomic E-state index is 3.67. The average molecular weight is 236 g/mol. The molecular weight excluding hydrogens is 216 g/mol. The van der Waals surface area contributed by atoms with Gasteiger partial charge in [-0.2, -0.15) is 0 Å². The number of hydrogen-bond acceptors (Lipinski definition) is 3. The molecule has 0 bridgehead atoms. The maximum Gasteiger partial charge on any atom is 0.0250 e. The van der Waals surface area contributed by atoms with Crippen molar-refractivity contribution in [2.24, 2.45) is 0 Å². The van der Waals surface area contributed by atoms with E-state index in [0.29, 0.717) is 0 Å². The molecule has 1 saturated heterocycles. The lowest BCUT2D eigenvalue weighted by atomic mass is 10.1. The largest absolute Gasteiger partial charge is 0.311 e. The highest BCUT2D eigenvalue weighted by molar-refractivity contribution is 7.09. The van der Waals surface area contributed by atoms with Crippen LogP contribution in [0.5, 0.6) is 0 Å². The molecule has 3 heteroatoms. The Hall–Kier alpha value is -0.380. The molecule has 16 heavy (non-hydrogen) atoms. The first-order valence-electron chi connectivity index (χ1n) is 6.43. The summed E-state index contributed by atoms with van der Waals surface area (Å²) in [5, 5.41) is 5.85. The first kappa shape index (κ1) is 10.8. The van der Waals surface area contributed by atoms with Gasteiger partial charge in [0.15, 0.2) is 0 Å². The number of nitrogens with one attached hydrogen (secondary N) is 1. The molecule has 2 heterocycles. The van der Waals surface area contributed by atoms with E-state index in [0.717, 1.165) is 12.1 Å². The third-order valence-corrected chi connectivity index (χ3v) is 4.92. The Balaban J connectivity index is 1.57. The predicted molar refractivity (Wildman–Crippen MR) is 69.0 cm³/mol. The molecule has 1 aromatic rings. The molecule has 0 aromatic carbocycles. The van der Waals surface area contributed by atoms with Crippen molar-refractivity contribution in [3.8, 4) is 0 Å². The van der Waals surface area contributed by atoms with Crippen molar-refractivity contribution >= 4 is 11.3 Å². The van der Waals surface area contributed by atoms with Crippen LogP contribution in [0.1, 0.15) is 24.1 Å². The zero-order chi connectivity index (χ0) is 10.8. The van der Waals surface area contributed by atoms with Crippen LogP contribution in [-0.2, 0) is 6.42 Å². The van der Waals surface area contributed by atoms with Gasteiger partial charge in [0.2, 0.25) is 0 Å². The van der Waals surface area contributed by atoms with E-state index in [9.17, 15) is 0 Å². The third kappa shape index (κ3) is 2.17. The molecule has 2 aliphatic rings. The minimum atomic E-state index is 0.789. The van der Waals surface area contributed by atoms with Gasteiger partial charge in [-0.05, 0) is 30.7 Å². The van der Waals surface area contributed by atoms with Gasteiger partial charge in [-0.15, -0.1) is 11.3 Å². The normalized spacial score (nSPS) is 30.5. The molecular formula is C13H20N2S. The lowest BCUT2D eigenvalue weighted by molar-refractivity contribution is 0.139. The van der Waals surface area contributed by atoms with Crippen LogP contribution in [-0.4, -0.2) is 36.6 Å². The molecule has 0 spiro atoms. The average Bonchev–Trinajstić information content (AvgIpc) is 2.97. The van der Waals surface area contributed by atoms with Crippen LogP contribution < -0.4 is 5.32 Å². The van der Waals surface area contributed by atoms with Crippen molar-refractivity contribution in [3.63, 3.8) is 0 Å². The fourth-order valence-corrected chi connectivity index (χ4v) is 3.86. The lowest BCUT2D eigenvalue weighted by Crippen LogP contribution is -2.55.